The normalized spacial score (nSPS) is 18.6. The van der Waals surface area contributed by atoms with Gasteiger partial charge in [-0.15, -0.1) is 0 Å². The first-order valence-corrected chi connectivity index (χ1v) is 29.5. The lowest BCUT2D eigenvalue weighted by Crippen LogP contribution is -2.49. The number of hydrogen-bond donors (Lipinski definition) is 2. The van der Waals surface area contributed by atoms with E-state index in [4.69, 9.17) is 28.4 Å². The van der Waals surface area contributed by atoms with Crippen LogP contribution in [0.1, 0.15) is 173 Å². The van der Waals surface area contributed by atoms with E-state index in [0.29, 0.717) is 102 Å². The average molecular weight is 1160 g/mol. The summed E-state index contributed by atoms with van der Waals surface area (Å²) in [6.07, 6.45) is 6.46. The molecular weight excluding hydrogens is 1060 g/mol. The first kappa shape index (κ1) is 68.9. The van der Waals surface area contributed by atoms with Crippen LogP contribution in [0.3, 0.4) is 0 Å². The summed E-state index contributed by atoms with van der Waals surface area (Å²) in [7, 11) is 0. The SMILES string of the molecule is CC(C)(C)OC(=O)CC(NC(=O)[C@@H]1CCCN(C(=O)CCC2CCN(C(=O)OC(C)(C)C)CC2)C1)c1cncc(OCCNC(=O)CCC(C(=O)OC(C)(C)C)N2CCN(CC(=O)OC(C)(C)C)CCN(CC(=O)OC(C)(C)C)CC2)c1. The van der Waals surface area contributed by atoms with Crippen molar-refractivity contribution in [2.45, 2.75) is 202 Å². The fourth-order valence-corrected chi connectivity index (χ4v) is 9.86. The topological polar surface area (TPSA) is 245 Å². The zero-order chi connectivity index (χ0) is 61.2. The molecule has 0 aliphatic carbocycles. The molecule has 3 atom stereocenters. The first-order valence-electron chi connectivity index (χ1n) is 29.5. The lowest BCUT2D eigenvalue weighted by molar-refractivity contribution is -0.163. The number of rotatable bonds is 21. The Kier molecular flexibility index (Phi) is 25.9. The van der Waals surface area contributed by atoms with E-state index in [0.717, 1.165) is 12.8 Å². The second-order valence-electron chi connectivity index (χ2n) is 27.0. The lowest BCUT2D eigenvalue weighted by atomic mass is 9.91. The zero-order valence-electron chi connectivity index (χ0n) is 52.2. The van der Waals surface area contributed by atoms with Crippen molar-refractivity contribution in [1.29, 1.82) is 0 Å². The molecule has 0 bridgehead atoms. The van der Waals surface area contributed by atoms with Gasteiger partial charge in [0.1, 0.15) is 46.4 Å². The van der Waals surface area contributed by atoms with Crippen molar-refractivity contribution in [2.24, 2.45) is 11.8 Å². The summed E-state index contributed by atoms with van der Waals surface area (Å²) < 4.78 is 34.4. The number of carbonyl (C=O) groups is 8. The Morgan fingerprint density at radius 1 is 0.610 bits per heavy atom. The molecule has 1 aromatic rings. The smallest absolute Gasteiger partial charge is 0.410 e. The number of ether oxygens (including phenoxy) is 6. The molecule has 4 rings (SSSR count). The minimum absolute atomic E-state index is 0.00441. The van der Waals surface area contributed by atoms with Crippen LogP contribution in [-0.2, 0) is 57.2 Å². The van der Waals surface area contributed by atoms with Gasteiger partial charge in [-0.3, -0.25) is 53.2 Å². The maximum absolute atomic E-state index is 14.1. The Hall–Kier alpha value is -5.61. The molecule has 1 aromatic heterocycles. The maximum atomic E-state index is 14.1. The Morgan fingerprint density at radius 2 is 1.15 bits per heavy atom. The molecule has 22 heteroatoms. The standard InChI is InChI=1S/C60H100N8O14/c1-56(2,3)78-50(71)36-46(63-53(74)43-17-16-25-68(39-43)49(70)21-18-42-22-26-67(27-23-42)55(76)82-60(13,14)15)44-35-45(38-61-37-44)77-34-24-62-48(69)20-19-47(54(75)81-59(10,11)12)66-32-30-64(40-51(72)79-57(4,5)6)28-29-65(31-33-66)41-52(73)80-58(7,8)9/h35,37-38,42-43,46-47H,16-34,36,39-41H2,1-15H3,(H,62,69)(H,63,74)/t43-,46?,47?/m1/s1. The van der Waals surface area contributed by atoms with E-state index in [2.05, 4.69) is 15.6 Å². The molecule has 3 aliphatic rings. The van der Waals surface area contributed by atoms with Crippen LogP contribution in [-0.4, -0.2) is 203 Å². The van der Waals surface area contributed by atoms with Crippen LogP contribution in [0.25, 0.3) is 0 Å². The highest BCUT2D eigenvalue weighted by atomic mass is 16.6. The summed E-state index contributed by atoms with van der Waals surface area (Å²) in [5, 5.41) is 5.94. The molecule has 4 heterocycles. The Balaban J connectivity index is 1.38. The second kappa shape index (κ2) is 30.8. The molecule has 0 saturated carbocycles. The van der Waals surface area contributed by atoms with Crippen molar-refractivity contribution < 1.29 is 66.8 Å². The van der Waals surface area contributed by atoms with E-state index in [1.165, 1.54) is 6.20 Å². The van der Waals surface area contributed by atoms with Crippen LogP contribution in [0.4, 0.5) is 4.79 Å². The van der Waals surface area contributed by atoms with E-state index in [9.17, 15) is 38.4 Å². The van der Waals surface area contributed by atoms with Gasteiger partial charge in [0.05, 0.1) is 44.2 Å². The van der Waals surface area contributed by atoms with Gasteiger partial charge in [0.2, 0.25) is 17.7 Å². The van der Waals surface area contributed by atoms with Crippen molar-refractivity contribution in [3.63, 3.8) is 0 Å². The molecule has 2 N–H and O–H groups in total. The van der Waals surface area contributed by atoms with Crippen molar-refractivity contribution in [3.05, 3.63) is 24.0 Å². The number of likely N-dealkylation sites (tertiary alicyclic amines) is 2. The number of piperidine rings is 2. The molecule has 0 spiro atoms. The van der Waals surface area contributed by atoms with Crippen LogP contribution in [0, 0.1) is 11.8 Å². The van der Waals surface area contributed by atoms with Crippen molar-refractivity contribution in [1.82, 2.24) is 40.1 Å². The fraction of sp³-hybridized carbons (Fsp3) is 0.783. The number of esters is 4. The number of nitrogens with one attached hydrogen (secondary N) is 2. The summed E-state index contributed by atoms with van der Waals surface area (Å²) >= 11 is 0. The Labute approximate surface area is 488 Å². The van der Waals surface area contributed by atoms with Gasteiger partial charge in [0, 0.05) is 84.5 Å². The summed E-state index contributed by atoms with van der Waals surface area (Å²) in [5.74, 6) is -2.32. The molecule has 2 unspecified atom stereocenters. The molecule has 3 fully saturated rings. The lowest BCUT2D eigenvalue weighted by Gasteiger charge is -2.35. The van der Waals surface area contributed by atoms with Gasteiger partial charge in [-0.2, -0.15) is 0 Å². The van der Waals surface area contributed by atoms with Gasteiger partial charge < -0.3 is 48.9 Å². The van der Waals surface area contributed by atoms with Gasteiger partial charge in [0.25, 0.3) is 0 Å². The van der Waals surface area contributed by atoms with Gasteiger partial charge in [0.15, 0.2) is 0 Å². The Morgan fingerprint density at radius 3 is 1.70 bits per heavy atom. The average Bonchev–Trinajstić information content (AvgIpc) is 3.44. The molecule has 82 heavy (non-hydrogen) atoms. The highest BCUT2D eigenvalue weighted by Crippen LogP contribution is 2.28. The molecule has 0 radical (unpaired) electrons. The van der Waals surface area contributed by atoms with Gasteiger partial charge in [-0.25, -0.2) is 4.79 Å². The monoisotopic (exact) mass is 1160 g/mol. The van der Waals surface area contributed by atoms with Crippen LogP contribution < -0.4 is 15.4 Å². The number of pyridine rings is 1. The minimum atomic E-state index is -0.840. The zero-order valence-corrected chi connectivity index (χ0v) is 52.2. The quantitative estimate of drug-likeness (QED) is 0.0787. The predicted octanol–water partition coefficient (Wildman–Crippen LogP) is 6.23. The van der Waals surface area contributed by atoms with Crippen LogP contribution in [0.5, 0.6) is 5.75 Å². The van der Waals surface area contributed by atoms with Crippen LogP contribution in [0.15, 0.2) is 18.5 Å². The molecular formula is C60H100N8O14. The van der Waals surface area contributed by atoms with Crippen LogP contribution in [0.2, 0.25) is 0 Å². The van der Waals surface area contributed by atoms with Crippen molar-refractivity contribution in [3.8, 4) is 5.75 Å². The fourth-order valence-electron chi connectivity index (χ4n) is 9.86. The number of aromatic nitrogens is 1. The summed E-state index contributed by atoms with van der Waals surface area (Å²) in [5.41, 5.74) is -3.03. The van der Waals surface area contributed by atoms with E-state index < -0.39 is 69.9 Å². The Bertz CT molecular complexity index is 2250. The highest BCUT2D eigenvalue weighted by molar-refractivity contribution is 5.83. The van der Waals surface area contributed by atoms with Gasteiger partial charge in [-0.1, -0.05) is 0 Å². The molecule has 3 saturated heterocycles. The number of amides is 4. The predicted molar refractivity (Wildman–Crippen MR) is 308 cm³/mol. The van der Waals surface area contributed by atoms with Crippen LogP contribution >= 0.6 is 0 Å². The van der Waals surface area contributed by atoms with Gasteiger partial charge in [-0.05, 0) is 160 Å². The van der Waals surface area contributed by atoms with E-state index in [1.54, 1.807) is 105 Å². The minimum Gasteiger partial charge on any atom is -0.490 e. The summed E-state index contributed by atoms with van der Waals surface area (Å²) in [4.78, 5) is 121. The number of hydrogen-bond acceptors (Lipinski definition) is 18. The van der Waals surface area contributed by atoms with E-state index >= 15 is 0 Å². The van der Waals surface area contributed by atoms with Crippen molar-refractivity contribution in [2.75, 3.05) is 91.7 Å². The van der Waals surface area contributed by atoms with Crippen molar-refractivity contribution >= 4 is 47.7 Å². The number of carbonyl (C=O) groups excluding carboxylic acids is 8. The maximum Gasteiger partial charge on any atom is 0.410 e. The molecule has 4 amide bonds. The molecule has 0 aromatic carbocycles. The van der Waals surface area contributed by atoms with Gasteiger partial charge >= 0.3 is 30.0 Å². The third-order valence-electron chi connectivity index (χ3n) is 13.6. The highest BCUT2D eigenvalue weighted by Gasteiger charge is 2.35. The van der Waals surface area contributed by atoms with E-state index in [1.807, 2.05) is 35.5 Å². The summed E-state index contributed by atoms with van der Waals surface area (Å²) in [6.45, 7) is 31.5. The molecule has 464 valence electrons. The third-order valence-corrected chi connectivity index (χ3v) is 13.6. The first-order chi connectivity index (χ1) is 38.0. The third kappa shape index (κ3) is 27.2. The largest absolute Gasteiger partial charge is 0.490 e. The molecule has 22 nitrogen and oxygen atoms in total. The molecule has 3 aliphatic heterocycles. The number of nitrogens with zero attached hydrogens (tertiary/aromatic N) is 6. The van der Waals surface area contributed by atoms with E-state index in [-0.39, 0.29) is 75.9 Å². The summed E-state index contributed by atoms with van der Waals surface area (Å²) in [6, 6.07) is -0.000269. The second-order valence-corrected chi connectivity index (χ2v) is 27.0.